The van der Waals surface area contributed by atoms with Crippen LogP contribution in [-0.2, 0) is 23.9 Å². The highest BCUT2D eigenvalue weighted by atomic mass is 35.5. The SMILES string of the molecule is Cc1ccc(C2=N[C@@H](CC(=O)NCCCN3CCN(C)CC3)c3nnc(C)n3-c3sc(C)c(C)c32)cc1.Cc1ccc(C=NCC(=O)C[C@@H]2N=C(c3ccc(Cl)cc3)c3c(sc(C)c3C)-n3c(C)nnc32)cc1.Cc1sc2c(c1C)C(c1ccc(Cl)cc1)=N[C@@H](CC(=O)N/N=C/c1ncc[nH]1)c1nnc(C)n1-2.Cc1sc2c(c1C)C(c1ccc(Cl)cc1)=N[C@@H](CC(=O)OC(C)(C)C)c1nnc(C)n1-2. The Morgan fingerprint density at radius 2 is 0.812 bits per heavy atom. The van der Waals surface area contributed by atoms with Crippen LogP contribution in [0.15, 0.2) is 164 Å². The van der Waals surface area contributed by atoms with Crippen molar-refractivity contribution < 1.29 is 23.9 Å². The van der Waals surface area contributed by atoms with E-state index in [0.717, 1.165) is 178 Å². The number of hydrogen-bond acceptors (Lipinski definition) is 26. The summed E-state index contributed by atoms with van der Waals surface area (Å²) in [6.07, 6.45) is 7.99. The number of imidazole rings is 1. The summed E-state index contributed by atoms with van der Waals surface area (Å²) < 4.78 is 13.8. The Kier molecular flexibility index (Phi) is 30.4. The van der Waals surface area contributed by atoms with E-state index in [4.69, 9.17) is 59.5 Å². The number of fused-ring (bicyclic) bond motifs is 12. The molecule has 5 aliphatic heterocycles. The Bertz CT molecular complexity index is 7070. The second-order valence-corrected chi connectivity index (χ2v) is 42.0. The van der Waals surface area contributed by atoms with Crippen LogP contribution in [-0.4, -0.2) is 196 Å². The molecule has 19 rings (SSSR count). The van der Waals surface area contributed by atoms with Crippen LogP contribution in [0.3, 0.4) is 0 Å². The molecule has 0 bridgehead atoms. The lowest BCUT2D eigenvalue weighted by molar-refractivity contribution is -0.155. The first-order valence-electron chi connectivity index (χ1n) is 45.7. The van der Waals surface area contributed by atoms with Gasteiger partial charge in [0, 0.05) is 137 Å². The van der Waals surface area contributed by atoms with Crippen molar-refractivity contribution >= 4 is 139 Å². The van der Waals surface area contributed by atoms with Crippen molar-refractivity contribution in [3.05, 3.63) is 304 Å². The molecule has 36 heteroatoms. The summed E-state index contributed by atoms with van der Waals surface area (Å²) >= 11 is 25.2. The molecule has 2 amide bonds. The van der Waals surface area contributed by atoms with Gasteiger partial charge in [0.25, 0.3) is 0 Å². The summed E-state index contributed by atoms with van der Waals surface area (Å²) in [7, 11) is 2.17. The molecular weight excluding hydrogens is 1880 g/mol. The molecule has 1 fully saturated rings. The van der Waals surface area contributed by atoms with E-state index < -0.39 is 29.8 Å². The van der Waals surface area contributed by atoms with E-state index in [-0.39, 0.29) is 55.8 Å². The Balaban J connectivity index is 0.000000133. The highest BCUT2D eigenvalue weighted by molar-refractivity contribution is 7.16. The van der Waals surface area contributed by atoms with E-state index >= 15 is 0 Å². The number of likely N-dealkylation sites (N-methyl/N-ethyl adjacent to an activating group) is 1. The normalized spacial score (nSPS) is 16.0. The molecule has 9 aromatic heterocycles. The molecule has 3 N–H and O–H groups in total. The first-order chi connectivity index (χ1) is 66.1. The molecule has 0 spiro atoms. The van der Waals surface area contributed by atoms with E-state index in [1.165, 1.54) is 42.4 Å². The highest BCUT2D eigenvalue weighted by Gasteiger charge is 2.39. The number of carbonyl (C=O) groups is 4. The van der Waals surface area contributed by atoms with Crippen LogP contribution in [0.1, 0.15) is 232 Å². The summed E-state index contributed by atoms with van der Waals surface area (Å²) in [5.74, 6) is 5.70. The van der Waals surface area contributed by atoms with Crippen molar-refractivity contribution in [1.82, 2.24) is 89.6 Å². The number of halogens is 3. The fourth-order valence-electron chi connectivity index (χ4n) is 16.9. The summed E-state index contributed by atoms with van der Waals surface area (Å²) in [4.78, 5) is 93.2. The number of ketones is 1. The van der Waals surface area contributed by atoms with Crippen LogP contribution >= 0.6 is 80.1 Å². The lowest BCUT2D eigenvalue weighted by atomic mass is 9.99. The van der Waals surface area contributed by atoms with Crippen LogP contribution in [0, 0.1) is 96.9 Å². The fourth-order valence-corrected chi connectivity index (χ4v) is 22.2. The van der Waals surface area contributed by atoms with Gasteiger partial charge >= 0.3 is 5.97 Å². The first-order valence-corrected chi connectivity index (χ1v) is 50.1. The van der Waals surface area contributed by atoms with Gasteiger partial charge in [0.1, 0.15) is 78.9 Å². The van der Waals surface area contributed by atoms with Gasteiger partial charge in [-0.05, 0) is 202 Å². The number of benzene rings is 5. The highest BCUT2D eigenvalue weighted by Crippen LogP contribution is 2.46. The van der Waals surface area contributed by atoms with Crippen molar-refractivity contribution in [2.75, 3.05) is 52.9 Å². The fraction of sp³-hybridized carbons (Fsp3) is 0.343. The van der Waals surface area contributed by atoms with Gasteiger partial charge in [0.15, 0.2) is 29.1 Å². The van der Waals surface area contributed by atoms with Crippen LogP contribution in [0.25, 0.3) is 20.0 Å². The zero-order valence-corrected chi connectivity index (χ0v) is 85.9. The Morgan fingerprint density at radius 3 is 1.18 bits per heavy atom. The van der Waals surface area contributed by atoms with Crippen molar-refractivity contribution in [3.63, 3.8) is 0 Å². The third-order valence-electron chi connectivity index (χ3n) is 24.6. The number of carbonyl (C=O) groups excluding carboxylic acids is 4. The Hall–Kier alpha value is -12.4. The molecule has 5 aliphatic rings. The molecule has 0 saturated carbocycles. The van der Waals surface area contributed by atoms with Gasteiger partial charge in [-0.2, -0.15) is 5.10 Å². The van der Waals surface area contributed by atoms with E-state index in [9.17, 15) is 19.2 Å². The maximum absolute atomic E-state index is 13.1. The number of nitrogens with zero attached hydrogens (tertiary/aromatic N) is 21. The zero-order valence-electron chi connectivity index (χ0n) is 80.4. The predicted molar refractivity (Wildman–Crippen MR) is 552 cm³/mol. The number of hydrogen-bond donors (Lipinski definition) is 3. The number of piperazine rings is 1. The molecule has 0 unspecified atom stereocenters. The molecule has 4 atom stereocenters. The number of aryl methyl sites for hydroxylation is 10. The van der Waals surface area contributed by atoms with Gasteiger partial charge in [-0.3, -0.25) is 62.4 Å². The van der Waals surface area contributed by atoms with Crippen molar-refractivity contribution in [2.45, 2.75) is 180 Å². The monoisotopic (exact) mass is 1980 g/mol. The molecule has 5 aromatic carbocycles. The number of H-pyrrole nitrogens is 1. The maximum atomic E-state index is 13.1. The minimum atomic E-state index is -0.569. The van der Waals surface area contributed by atoms with Crippen molar-refractivity contribution in [3.8, 4) is 20.0 Å². The van der Waals surface area contributed by atoms with Gasteiger partial charge in [-0.15, -0.1) is 86.1 Å². The lowest BCUT2D eigenvalue weighted by Gasteiger charge is -2.32. The molecule has 0 aliphatic carbocycles. The van der Waals surface area contributed by atoms with Crippen LogP contribution in [0.5, 0.6) is 0 Å². The molecule has 1 saturated heterocycles. The molecular formula is C102H109Cl3N24O5S4. The molecule has 29 nitrogen and oxygen atoms in total. The number of ether oxygens (including phenoxy) is 1. The van der Waals surface area contributed by atoms with E-state index in [2.05, 4.69) is 184 Å². The van der Waals surface area contributed by atoms with E-state index in [0.29, 0.717) is 44.9 Å². The number of rotatable bonds is 21. The quantitative estimate of drug-likeness (QED) is 0.0260. The standard InChI is InChI=1S/C28H26ClN5OS.C28H37N7OS.C23H21ClN8OS.C23H25ClN4O2S/c1-16-5-7-20(8-6-16)14-30-15-23(35)13-24-27-33-32-19(4)34(27)28-25(17(2)18(3)36-28)26(31-24)21-9-11-22(29)12-10-21;1-18-7-9-22(10-8-18)26-25-19(2)20(3)37-28(25)35-21(4)31-32-27(35)23(30-26)17-24(36)29-11-6-12-34-15-13-33(5)14-16-34;1-12-13(2)34-23-20(12)21(15-4-6-16(24)7-5-15)28-17(22-31-29-14(3)32(22)23)10-19(33)30-27-11-18-25-8-9-26-18;1-12-13(2)31-22-19(12)20(15-7-9-16(24)10-8-15)25-17(11-18(29)30-23(4,5)6)21-27-26-14(3)28(21)22/h5-12,14,24H,13,15H2,1-4H3;7-10,23H,6,11-17H2,1-5H3,(H,29,36);4-9,11,17H,10H2,1-3H3,(H,25,26)(H,30,33);7-10,17H,11H2,1-6H3/b;;27-11+;/t24-;23-;2*17-/m0000/s1. The summed E-state index contributed by atoms with van der Waals surface area (Å²) in [6, 6.07) is 37.4. The zero-order chi connectivity index (χ0) is 97.8. The van der Waals surface area contributed by atoms with E-state index in [1.807, 2.05) is 162 Å². The van der Waals surface area contributed by atoms with Crippen molar-refractivity contribution in [2.24, 2.45) is 30.1 Å². The molecule has 14 aromatic rings. The number of Topliss-reactive ketones (excluding diaryl/α,β-unsaturated/α-hetero) is 1. The first kappa shape index (κ1) is 98.6. The summed E-state index contributed by atoms with van der Waals surface area (Å²) in [5.41, 5.74) is 21.5. The van der Waals surface area contributed by atoms with Crippen molar-refractivity contribution in [1.29, 1.82) is 0 Å². The maximum Gasteiger partial charge on any atom is 0.308 e. The van der Waals surface area contributed by atoms with Gasteiger partial charge in [0.05, 0.1) is 54.9 Å². The van der Waals surface area contributed by atoms with Crippen LogP contribution in [0.2, 0.25) is 15.1 Å². The second kappa shape index (κ2) is 42.5. The molecule has 138 heavy (non-hydrogen) atoms. The van der Waals surface area contributed by atoms with E-state index in [1.54, 1.807) is 64.0 Å². The Morgan fingerprint density at radius 1 is 0.457 bits per heavy atom. The van der Waals surface area contributed by atoms with Crippen LogP contribution in [0.4, 0.5) is 0 Å². The Labute approximate surface area is 833 Å². The minimum Gasteiger partial charge on any atom is -0.460 e. The number of hydrazone groups is 1. The van der Waals surface area contributed by atoms with Gasteiger partial charge in [-0.25, -0.2) is 10.4 Å². The van der Waals surface area contributed by atoms with Gasteiger partial charge in [0.2, 0.25) is 11.8 Å². The lowest BCUT2D eigenvalue weighted by Crippen LogP contribution is -2.45. The topological polar surface area (TPSA) is 334 Å². The number of aromatic amines is 1. The minimum absolute atomic E-state index is 0.000689. The summed E-state index contributed by atoms with van der Waals surface area (Å²) in [6.45, 7) is 40.5. The molecule has 14 heterocycles. The van der Waals surface area contributed by atoms with Gasteiger partial charge in [-0.1, -0.05) is 131 Å². The summed E-state index contributed by atoms with van der Waals surface area (Å²) in [5, 5.41) is 48.4. The number of nitrogens with one attached hydrogen (secondary N) is 3. The third-order valence-corrected chi connectivity index (χ3v) is 30.2. The number of esters is 1. The average Bonchev–Trinajstić information content (AvgIpc) is 1.60. The average molecular weight is 1990 g/mol. The number of amides is 2. The smallest absolute Gasteiger partial charge is 0.308 e. The molecule has 0 radical (unpaired) electrons. The third kappa shape index (κ3) is 22.0. The number of aliphatic imine (C=N–C) groups is 5. The second-order valence-electron chi connectivity index (χ2n) is 35.9. The largest absolute Gasteiger partial charge is 0.460 e. The van der Waals surface area contributed by atoms with Gasteiger partial charge < -0.3 is 24.8 Å². The predicted octanol–water partition coefficient (Wildman–Crippen LogP) is 19.4. The van der Waals surface area contributed by atoms with Crippen LogP contribution < -0.4 is 10.7 Å². The number of aromatic nitrogens is 14. The molecule has 712 valence electrons. The number of thiophene rings is 4.